The van der Waals surface area contributed by atoms with Crippen molar-refractivity contribution in [1.82, 2.24) is 0 Å². The van der Waals surface area contributed by atoms with Crippen LogP contribution in [-0.4, -0.2) is 0 Å². The Labute approximate surface area is 124 Å². The molecule has 2 aromatic carbocycles. The molecule has 0 aliphatic heterocycles. The quantitative estimate of drug-likeness (QED) is 0.848. The Morgan fingerprint density at radius 3 is 2.44 bits per heavy atom. The number of benzene rings is 2. The van der Waals surface area contributed by atoms with E-state index in [4.69, 9.17) is 33.7 Å². The lowest BCUT2D eigenvalue weighted by atomic mass is 10.2. The normalized spacial score (nSPS) is 10.4. The van der Waals surface area contributed by atoms with Crippen LogP contribution in [-0.2, 0) is 6.54 Å². The summed E-state index contributed by atoms with van der Waals surface area (Å²) in [6.45, 7) is 0.389. The summed E-state index contributed by atoms with van der Waals surface area (Å²) in [5.74, 6) is 1.24. The van der Waals surface area contributed by atoms with Crippen molar-refractivity contribution in [2.75, 3.05) is 0 Å². The van der Waals surface area contributed by atoms with Gasteiger partial charge in [0.1, 0.15) is 11.5 Å². The van der Waals surface area contributed by atoms with Gasteiger partial charge in [-0.1, -0.05) is 39.1 Å². The molecule has 0 saturated carbocycles. The van der Waals surface area contributed by atoms with Crippen molar-refractivity contribution in [3.63, 3.8) is 0 Å². The Bertz CT molecular complexity index is 575. The van der Waals surface area contributed by atoms with Crippen LogP contribution in [0.3, 0.4) is 0 Å². The lowest BCUT2D eigenvalue weighted by Crippen LogP contribution is -1.99. The van der Waals surface area contributed by atoms with Gasteiger partial charge in [-0.2, -0.15) is 0 Å². The van der Waals surface area contributed by atoms with Gasteiger partial charge in [-0.25, -0.2) is 0 Å². The molecule has 0 heterocycles. The number of halogens is 3. The van der Waals surface area contributed by atoms with Gasteiger partial charge in [-0.05, 0) is 36.4 Å². The molecule has 0 aliphatic carbocycles. The third kappa shape index (κ3) is 3.18. The molecular weight excluding hydrogens is 337 g/mol. The van der Waals surface area contributed by atoms with E-state index in [9.17, 15) is 0 Å². The molecule has 0 saturated heterocycles. The maximum Gasteiger partial charge on any atom is 0.146 e. The smallest absolute Gasteiger partial charge is 0.146 e. The van der Waals surface area contributed by atoms with E-state index in [0.717, 1.165) is 10.0 Å². The summed E-state index contributed by atoms with van der Waals surface area (Å²) in [7, 11) is 0. The van der Waals surface area contributed by atoms with Gasteiger partial charge in [0.05, 0.1) is 5.02 Å². The minimum Gasteiger partial charge on any atom is -0.455 e. The molecule has 5 heteroatoms. The Kier molecular flexibility index (Phi) is 4.51. The molecule has 2 rings (SSSR count). The molecule has 18 heavy (non-hydrogen) atoms. The highest BCUT2D eigenvalue weighted by Crippen LogP contribution is 2.33. The van der Waals surface area contributed by atoms with E-state index in [1.807, 2.05) is 18.2 Å². The zero-order valence-electron chi connectivity index (χ0n) is 9.29. The van der Waals surface area contributed by atoms with Crippen molar-refractivity contribution >= 4 is 39.1 Å². The summed E-state index contributed by atoms with van der Waals surface area (Å²) in [5.41, 5.74) is 6.58. The number of hydrogen-bond acceptors (Lipinski definition) is 2. The summed E-state index contributed by atoms with van der Waals surface area (Å²) < 4.78 is 6.71. The van der Waals surface area contributed by atoms with Gasteiger partial charge in [0.25, 0.3) is 0 Å². The summed E-state index contributed by atoms with van der Waals surface area (Å²) in [6.07, 6.45) is 0. The van der Waals surface area contributed by atoms with Gasteiger partial charge < -0.3 is 10.5 Å². The molecule has 0 amide bonds. The van der Waals surface area contributed by atoms with Crippen LogP contribution in [0, 0.1) is 0 Å². The zero-order chi connectivity index (χ0) is 13.1. The molecule has 0 atom stereocenters. The minimum absolute atomic E-state index is 0.389. The highest BCUT2D eigenvalue weighted by molar-refractivity contribution is 9.10. The van der Waals surface area contributed by atoms with E-state index in [0.29, 0.717) is 28.1 Å². The topological polar surface area (TPSA) is 35.2 Å². The summed E-state index contributed by atoms with van der Waals surface area (Å²) in [4.78, 5) is 0. The first-order valence-electron chi connectivity index (χ1n) is 5.21. The Morgan fingerprint density at radius 1 is 1.06 bits per heavy atom. The summed E-state index contributed by atoms with van der Waals surface area (Å²) in [6, 6.07) is 10.7. The van der Waals surface area contributed by atoms with Crippen molar-refractivity contribution in [2.45, 2.75) is 6.54 Å². The third-order valence-corrected chi connectivity index (χ3v) is 3.38. The molecule has 2 aromatic rings. The molecule has 0 fully saturated rings. The molecule has 0 aliphatic rings. The Morgan fingerprint density at radius 2 is 1.78 bits per heavy atom. The van der Waals surface area contributed by atoms with E-state index in [2.05, 4.69) is 15.9 Å². The molecular formula is C13H10BrCl2NO. The van der Waals surface area contributed by atoms with E-state index in [-0.39, 0.29) is 0 Å². The van der Waals surface area contributed by atoms with E-state index in [1.165, 1.54) is 0 Å². The molecule has 2 N–H and O–H groups in total. The standard InChI is InChI=1S/C13H10BrCl2NO/c14-9-1-3-12(8(5-9)7-17)18-13-4-2-10(15)6-11(13)16/h1-6H,7,17H2. The van der Waals surface area contributed by atoms with Crippen molar-refractivity contribution in [3.05, 3.63) is 56.5 Å². The minimum atomic E-state index is 0.389. The molecule has 0 unspecified atom stereocenters. The summed E-state index contributed by atoms with van der Waals surface area (Å²) >= 11 is 15.3. The maximum absolute atomic E-state index is 6.06. The van der Waals surface area contributed by atoms with Gasteiger partial charge in [0, 0.05) is 21.6 Å². The molecule has 0 radical (unpaired) electrons. The highest BCUT2D eigenvalue weighted by atomic mass is 79.9. The van der Waals surface area contributed by atoms with Crippen molar-refractivity contribution in [2.24, 2.45) is 5.73 Å². The van der Waals surface area contributed by atoms with Crippen molar-refractivity contribution < 1.29 is 4.74 Å². The van der Waals surface area contributed by atoms with Crippen LogP contribution in [0.2, 0.25) is 10.0 Å². The first-order valence-corrected chi connectivity index (χ1v) is 6.76. The Hall–Kier alpha value is -0.740. The SMILES string of the molecule is NCc1cc(Br)ccc1Oc1ccc(Cl)cc1Cl. The third-order valence-electron chi connectivity index (χ3n) is 2.36. The largest absolute Gasteiger partial charge is 0.455 e. The van der Waals surface area contributed by atoms with E-state index in [1.54, 1.807) is 18.2 Å². The Balaban J connectivity index is 2.33. The van der Waals surface area contributed by atoms with Crippen LogP contribution in [0.5, 0.6) is 11.5 Å². The number of ether oxygens (including phenoxy) is 1. The molecule has 0 spiro atoms. The second kappa shape index (κ2) is 5.93. The predicted octanol–water partition coefficient (Wildman–Crippen LogP) is 5.01. The molecule has 0 bridgehead atoms. The van der Waals surface area contributed by atoms with Crippen LogP contribution in [0.25, 0.3) is 0 Å². The van der Waals surface area contributed by atoms with Gasteiger partial charge >= 0.3 is 0 Å². The number of nitrogens with two attached hydrogens (primary N) is 1. The average molecular weight is 347 g/mol. The van der Waals surface area contributed by atoms with Crippen LogP contribution in [0.15, 0.2) is 40.9 Å². The predicted molar refractivity (Wildman–Crippen MR) is 78.6 cm³/mol. The lowest BCUT2D eigenvalue weighted by molar-refractivity contribution is 0.476. The van der Waals surface area contributed by atoms with Gasteiger partial charge in [-0.15, -0.1) is 0 Å². The summed E-state index contributed by atoms with van der Waals surface area (Å²) in [5, 5.41) is 1.04. The number of rotatable bonds is 3. The fourth-order valence-electron chi connectivity index (χ4n) is 1.48. The number of hydrogen-bond donors (Lipinski definition) is 1. The van der Waals surface area contributed by atoms with Crippen molar-refractivity contribution in [1.29, 1.82) is 0 Å². The molecule has 94 valence electrons. The second-order valence-corrected chi connectivity index (χ2v) is 5.39. The lowest BCUT2D eigenvalue weighted by Gasteiger charge is -2.11. The fraction of sp³-hybridized carbons (Fsp3) is 0.0769. The fourth-order valence-corrected chi connectivity index (χ4v) is 2.34. The van der Waals surface area contributed by atoms with Crippen LogP contribution in [0.4, 0.5) is 0 Å². The van der Waals surface area contributed by atoms with Crippen LogP contribution >= 0.6 is 39.1 Å². The van der Waals surface area contributed by atoms with Gasteiger partial charge in [0.15, 0.2) is 0 Å². The molecule has 2 nitrogen and oxygen atoms in total. The maximum atomic E-state index is 6.06. The van der Waals surface area contributed by atoms with E-state index < -0.39 is 0 Å². The van der Waals surface area contributed by atoms with Gasteiger partial charge in [0.2, 0.25) is 0 Å². The average Bonchev–Trinajstić information content (AvgIpc) is 2.34. The van der Waals surface area contributed by atoms with E-state index >= 15 is 0 Å². The van der Waals surface area contributed by atoms with Crippen LogP contribution in [0.1, 0.15) is 5.56 Å². The second-order valence-electron chi connectivity index (χ2n) is 3.63. The molecule has 0 aromatic heterocycles. The van der Waals surface area contributed by atoms with Gasteiger partial charge in [-0.3, -0.25) is 0 Å². The van der Waals surface area contributed by atoms with Crippen molar-refractivity contribution in [3.8, 4) is 11.5 Å². The first kappa shape index (κ1) is 13.7. The first-order chi connectivity index (χ1) is 8.60. The monoisotopic (exact) mass is 345 g/mol. The van der Waals surface area contributed by atoms with Crippen LogP contribution < -0.4 is 10.5 Å². The highest BCUT2D eigenvalue weighted by Gasteiger charge is 2.08. The zero-order valence-corrected chi connectivity index (χ0v) is 12.4.